The highest BCUT2D eigenvalue weighted by atomic mass is 32.2. The second kappa shape index (κ2) is 15.6. The summed E-state index contributed by atoms with van der Waals surface area (Å²) in [4.78, 5) is 28.8. The van der Waals surface area contributed by atoms with Crippen molar-refractivity contribution in [3.05, 3.63) is 172 Å². The number of aromatic nitrogens is 2. The summed E-state index contributed by atoms with van der Waals surface area (Å²) >= 11 is 2.54. The molecule has 0 radical (unpaired) electrons. The third-order valence-corrected chi connectivity index (χ3v) is 10.7. The van der Waals surface area contributed by atoms with E-state index in [2.05, 4.69) is 10.2 Å². The molecule has 2 heterocycles. The highest BCUT2D eigenvalue weighted by Gasteiger charge is 2.48. The minimum absolute atomic E-state index is 0.0766. The molecule has 1 N–H and O–H groups in total. The summed E-state index contributed by atoms with van der Waals surface area (Å²) < 4.78 is 25.9. The maximum Gasteiger partial charge on any atom is 0.301 e. The number of aliphatic hydroxyl groups is 1. The lowest BCUT2D eigenvalue weighted by atomic mass is 9.95. The molecular formula is C41H32FN3O5S2. The summed E-state index contributed by atoms with van der Waals surface area (Å²) in [6.45, 7) is 2.76. The van der Waals surface area contributed by atoms with Gasteiger partial charge in [0, 0.05) is 11.3 Å². The van der Waals surface area contributed by atoms with E-state index in [1.54, 1.807) is 60.7 Å². The number of Topliss-reactive ketones (excluding diaryl/α,β-unsaturated/α-hetero) is 1. The first-order valence-corrected chi connectivity index (χ1v) is 18.2. The number of ketones is 1. The molecule has 7 rings (SSSR count). The summed E-state index contributed by atoms with van der Waals surface area (Å²) in [7, 11) is 0. The van der Waals surface area contributed by atoms with Crippen molar-refractivity contribution in [3.8, 4) is 11.5 Å². The van der Waals surface area contributed by atoms with E-state index in [9.17, 15) is 19.1 Å². The molecule has 0 spiro atoms. The molecule has 8 nitrogen and oxygen atoms in total. The number of anilines is 1. The topological polar surface area (TPSA) is 102 Å². The van der Waals surface area contributed by atoms with Gasteiger partial charge in [0.2, 0.25) is 5.13 Å². The van der Waals surface area contributed by atoms with Crippen molar-refractivity contribution in [3.63, 3.8) is 0 Å². The Hall–Kier alpha value is -5.78. The molecule has 260 valence electrons. The molecule has 1 unspecified atom stereocenters. The first kappa shape index (κ1) is 34.7. The quantitative estimate of drug-likeness (QED) is 0.0438. The van der Waals surface area contributed by atoms with Gasteiger partial charge in [0.15, 0.2) is 4.34 Å². The molecule has 0 aliphatic carbocycles. The lowest BCUT2D eigenvalue weighted by Gasteiger charge is -2.22. The molecule has 1 aliphatic rings. The Balaban J connectivity index is 1.18. The number of amides is 1. The summed E-state index contributed by atoms with van der Waals surface area (Å²) in [5, 5.41) is 20.5. The van der Waals surface area contributed by atoms with E-state index in [-0.39, 0.29) is 22.3 Å². The van der Waals surface area contributed by atoms with Gasteiger partial charge in [-0.15, -0.1) is 10.2 Å². The summed E-state index contributed by atoms with van der Waals surface area (Å²) in [5.74, 6) is -0.630. The van der Waals surface area contributed by atoms with Gasteiger partial charge in [0.05, 0.1) is 11.6 Å². The number of aliphatic hydroxyl groups excluding tert-OH is 1. The van der Waals surface area contributed by atoms with E-state index in [0.29, 0.717) is 45.9 Å². The van der Waals surface area contributed by atoms with Gasteiger partial charge < -0.3 is 14.6 Å². The molecule has 1 amide bonds. The van der Waals surface area contributed by atoms with Gasteiger partial charge in [0.25, 0.3) is 5.78 Å². The average molecular weight is 730 g/mol. The molecule has 1 fully saturated rings. The molecule has 0 bridgehead atoms. The maximum absolute atomic E-state index is 13.8. The molecule has 0 saturated carbocycles. The SMILES string of the molecule is Cc1ccccc1COc1ccc(C(O)=C2C(=O)C(=O)N(c3nnc(SCc4ccc(F)cc4)s3)C2c2ccc(OCc3ccccc3)cc2)cc1. The van der Waals surface area contributed by atoms with Crippen LogP contribution in [0.2, 0.25) is 0 Å². The number of nitrogens with zero attached hydrogens (tertiary/aromatic N) is 3. The minimum atomic E-state index is -0.997. The van der Waals surface area contributed by atoms with E-state index in [1.807, 2.05) is 61.5 Å². The molecule has 1 aromatic heterocycles. The van der Waals surface area contributed by atoms with Crippen LogP contribution in [0.25, 0.3) is 5.76 Å². The molecule has 11 heteroatoms. The van der Waals surface area contributed by atoms with Crippen LogP contribution in [0.4, 0.5) is 9.52 Å². The van der Waals surface area contributed by atoms with Gasteiger partial charge in [-0.2, -0.15) is 0 Å². The van der Waals surface area contributed by atoms with Crippen molar-refractivity contribution in [1.29, 1.82) is 0 Å². The highest BCUT2D eigenvalue weighted by Crippen LogP contribution is 2.44. The first-order valence-electron chi connectivity index (χ1n) is 16.4. The van der Waals surface area contributed by atoms with Crippen LogP contribution in [0.3, 0.4) is 0 Å². The average Bonchev–Trinajstić information content (AvgIpc) is 3.75. The number of aryl methyl sites for hydroxylation is 1. The number of halogens is 1. The number of rotatable bonds is 12. The number of hydrogen-bond acceptors (Lipinski definition) is 9. The first-order chi connectivity index (χ1) is 25.3. The standard InChI is InChI=1S/C41H32FN3O5S2/c1-26-7-5-6-10-31(26)24-50-34-21-15-30(16-22-34)37(46)35-36(29-13-19-33(20-14-29)49-23-27-8-3-2-4-9-27)45(39(48)38(35)47)40-43-44-41(52-40)51-25-28-11-17-32(42)18-12-28/h2-22,36,46H,23-25H2,1H3. The van der Waals surface area contributed by atoms with Crippen LogP contribution in [0.15, 0.2) is 137 Å². The fourth-order valence-corrected chi connectivity index (χ4v) is 7.54. The van der Waals surface area contributed by atoms with Gasteiger partial charge in [-0.3, -0.25) is 14.5 Å². The number of ether oxygens (including phenoxy) is 2. The zero-order chi connectivity index (χ0) is 36.0. The predicted octanol–water partition coefficient (Wildman–Crippen LogP) is 9.06. The predicted molar refractivity (Wildman–Crippen MR) is 200 cm³/mol. The van der Waals surface area contributed by atoms with E-state index in [1.165, 1.54) is 28.8 Å². The van der Waals surface area contributed by atoms with Crippen LogP contribution < -0.4 is 14.4 Å². The Bertz CT molecular complexity index is 2220. The van der Waals surface area contributed by atoms with Crippen LogP contribution in [0, 0.1) is 12.7 Å². The van der Waals surface area contributed by atoms with E-state index in [0.717, 1.165) is 33.6 Å². The largest absolute Gasteiger partial charge is 0.507 e. The van der Waals surface area contributed by atoms with Crippen LogP contribution in [0.5, 0.6) is 11.5 Å². The third-order valence-electron chi connectivity index (χ3n) is 8.55. The van der Waals surface area contributed by atoms with Crippen molar-refractivity contribution in [1.82, 2.24) is 10.2 Å². The Morgan fingerprint density at radius 2 is 1.44 bits per heavy atom. The molecule has 5 aromatic carbocycles. The van der Waals surface area contributed by atoms with Gasteiger partial charge in [-0.1, -0.05) is 102 Å². The molecular weight excluding hydrogens is 698 g/mol. The Morgan fingerprint density at radius 1 is 0.788 bits per heavy atom. The summed E-state index contributed by atoms with van der Waals surface area (Å²) in [5.41, 5.74) is 4.92. The van der Waals surface area contributed by atoms with E-state index < -0.39 is 17.7 Å². The van der Waals surface area contributed by atoms with Gasteiger partial charge in [-0.05, 0) is 83.3 Å². The van der Waals surface area contributed by atoms with Gasteiger partial charge >= 0.3 is 5.91 Å². The molecule has 6 aromatic rings. The number of benzene rings is 5. The number of thioether (sulfide) groups is 1. The molecule has 1 aliphatic heterocycles. The smallest absolute Gasteiger partial charge is 0.301 e. The maximum atomic E-state index is 13.8. The fraction of sp³-hybridized carbons (Fsp3) is 0.122. The zero-order valence-corrected chi connectivity index (χ0v) is 29.6. The van der Waals surface area contributed by atoms with Crippen molar-refractivity contribution in [2.75, 3.05) is 4.90 Å². The minimum Gasteiger partial charge on any atom is -0.507 e. The second-order valence-corrected chi connectivity index (χ2v) is 14.2. The number of hydrogen-bond donors (Lipinski definition) is 1. The Kier molecular flexibility index (Phi) is 10.4. The highest BCUT2D eigenvalue weighted by molar-refractivity contribution is 8.00. The lowest BCUT2D eigenvalue weighted by molar-refractivity contribution is -0.132. The lowest BCUT2D eigenvalue weighted by Crippen LogP contribution is -2.29. The zero-order valence-electron chi connectivity index (χ0n) is 27.9. The normalized spacial score (nSPS) is 15.2. The van der Waals surface area contributed by atoms with E-state index >= 15 is 0 Å². The third kappa shape index (κ3) is 7.75. The van der Waals surface area contributed by atoms with E-state index in [4.69, 9.17) is 9.47 Å². The summed E-state index contributed by atoms with van der Waals surface area (Å²) in [6, 6.07) is 36.7. The monoisotopic (exact) mass is 729 g/mol. The molecule has 1 saturated heterocycles. The molecule has 52 heavy (non-hydrogen) atoms. The Labute approximate surface area is 308 Å². The second-order valence-electron chi connectivity index (χ2n) is 12.0. The number of carbonyl (C=O) groups excluding carboxylic acids is 2. The van der Waals surface area contributed by atoms with Crippen LogP contribution >= 0.6 is 23.1 Å². The van der Waals surface area contributed by atoms with Crippen molar-refractivity contribution >= 4 is 45.7 Å². The molecule has 1 atom stereocenters. The van der Waals surface area contributed by atoms with Crippen molar-refractivity contribution < 1.29 is 28.6 Å². The number of carbonyl (C=O) groups is 2. The van der Waals surface area contributed by atoms with Gasteiger partial charge in [0.1, 0.15) is 36.3 Å². The summed E-state index contributed by atoms with van der Waals surface area (Å²) in [6.07, 6.45) is 0. The fourth-order valence-electron chi connectivity index (χ4n) is 5.71. The van der Waals surface area contributed by atoms with Crippen LogP contribution in [0.1, 0.15) is 39.4 Å². The van der Waals surface area contributed by atoms with Crippen molar-refractivity contribution in [2.24, 2.45) is 0 Å². The van der Waals surface area contributed by atoms with Crippen LogP contribution in [-0.2, 0) is 28.6 Å². The van der Waals surface area contributed by atoms with Crippen LogP contribution in [-0.4, -0.2) is 27.0 Å². The van der Waals surface area contributed by atoms with Gasteiger partial charge in [-0.25, -0.2) is 4.39 Å². The Morgan fingerprint density at radius 3 is 2.15 bits per heavy atom. The van der Waals surface area contributed by atoms with Crippen molar-refractivity contribution in [2.45, 2.75) is 36.3 Å².